The van der Waals surface area contributed by atoms with E-state index >= 15 is 0 Å². The molecule has 0 aliphatic carbocycles. The van der Waals surface area contributed by atoms with Crippen molar-refractivity contribution in [1.29, 1.82) is 0 Å². The second-order valence-corrected chi connectivity index (χ2v) is 8.53. The lowest BCUT2D eigenvalue weighted by Crippen LogP contribution is -2.12. The number of hydrogen-bond donors (Lipinski definition) is 0. The minimum atomic E-state index is -0.391. The highest BCUT2D eigenvalue weighted by Gasteiger charge is 2.14. The molecule has 126 valence electrons. The Bertz CT molecular complexity index is 890. The molecule has 1 heteroatoms. The van der Waals surface area contributed by atoms with Crippen LogP contribution in [0.5, 0.6) is 0 Å². The third kappa shape index (κ3) is 3.93. The third-order valence-corrected chi connectivity index (χ3v) is 7.06. The number of hydrogen-bond acceptors (Lipinski definition) is 0. The van der Waals surface area contributed by atoms with E-state index < -0.39 is 7.92 Å². The SMILES string of the molecule is c1ccc(-c2ccc(CP(c3ccccc3)c3ccccc3)cc2)cc1. The summed E-state index contributed by atoms with van der Waals surface area (Å²) >= 11 is 0. The maximum absolute atomic E-state index is 2.28. The molecule has 0 amide bonds. The molecule has 0 atom stereocenters. The smallest absolute Gasteiger partial charge is 0.000744 e. The largest absolute Gasteiger partial charge is 0.0622 e. The van der Waals surface area contributed by atoms with E-state index in [0.717, 1.165) is 6.16 Å². The molecule has 4 aromatic rings. The summed E-state index contributed by atoms with van der Waals surface area (Å²) in [6.45, 7) is 0. The van der Waals surface area contributed by atoms with E-state index in [1.165, 1.54) is 27.3 Å². The molecule has 0 radical (unpaired) electrons. The Balaban J connectivity index is 1.62. The lowest BCUT2D eigenvalue weighted by Gasteiger charge is -2.19. The van der Waals surface area contributed by atoms with Crippen molar-refractivity contribution in [2.75, 3.05) is 0 Å². The van der Waals surface area contributed by atoms with Crippen molar-refractivity contribution in [1.82, 2.24) is 0 Å². The molecule has 0 spiro atoms. The van der Waals surface area contributed by atoms with Crippen LogP contribution in [-0.2, 0) is 6.16 Å². The van der Waals surface area contributed by atoms with Gasteiger partial charge in [0.2, 0.25) is 0 Å². The fourth-order valence-corrected chi connectivity index (χ4v) is 5.47. The van der Waals surface area contributed by atoms with Crippen molar-refractivity contribution < 1.29 is 0 Å². The van der Waals surface area contributed by atoms with Gasteiger partial charge in [-0.1, -0.05) is 115 Å². The molecule has 4 rings (SSSR count). The maximum atomic E-state index is 2.28. The zero-order valence-electron chi connectivity index (χ0n) is 14.6. The summed E-state index contributed by atoms with van der Waals surface area (Å²) in [5.74, 6) is 0. The van der Waals surface area contributed by atoms with Gasteiger partial charge in [-0.25, -0.2) is 0 Å². The van der Waals surface area contributed by atoms with E-state index in [-0.39, 0.29) is 0 Å². The van der Waals surface area contributed by atoms with Crippen LogP contribution in [-0.4, -0.2) is 0 Å². The Labute approximate surface area is 156 Å². The monoisotopic (exact) mass is 352 g/mol. The Kier molecular flexibility index (Phi) is 5.24. The van der Waals surface area contributed by atoms with E-state index in [9.17, 15) is 0 Å². The second-order valence-electron chi connectivity index (χ2n) is 6.32. The zero-order chi connectivity index (χ0) is 17.6. The first-order valence-corrected chi connectivity index (χ1v) is 10.4. The average molecular weight is 352 g/mol. The van der Waals surface area contributed by atoms with Crippen molar-refractivity contribution in [3.8, 4) is 11.1 Å². The summed E-state index contributed by atoms with van der Waals surface area (Å²) in [5, 5.41) is 2.86. The molecule has 0 aliphatic heterocycles. The van der Waals surface area contributed by atoms with Crippen molar-refractivity contribution in [3.63, 3.8) is 0 Å². The van der Waals surface area contributed by atoms with Crippen LogP contribution in [0.4, 0.5) is 0 Å². The molecule has 0 saturated heterocycles. The minimum Gasteiger partial charge on any atom is -0.0622 e. The van der Waals surface area contributed by atoms with Gasteiger partial charge in [0.1, 0.15) is 0 Å². The molecule has 0 fully saturated rings. The van der Waals surface area contributed by atoms with E-state index in [1.807, 2.05) is 0 Å². The molecular formula is C25H21P. The van der Waals surface area contributed by atoms with E-state index in [1.54, 1.807) is 0 Å². The first kappa shape index (κ1) is 16.8. The fraction of sp³-hybridized carbons (Fsp3) is 0.0400. The van der Waals surface area contributed by atoms with Crippen molar-refractivity contribution >= 4 is 18.5 Å². The van der Waals surface area contributed by atoms with Gasteiger partial charge in [0.25, 0.3) is 0 Å². The highest BCUT2D eigenvalue weighted by Crippen LogP contribution is 2.38. The molecule has 4 aromatic carbocycles. The Hall–Kier alpha value is -2.69. The Morgan fingerprint density at radius 1 is 0.423 bits per heavy atom. The van der Waals surface area contributed by atoms with E-state index in [0.29, 0.717) is 0 Å². The standard InChI is InChI=1S/C25H21P/c1-4-10-22(11-5-1)23-18-16-21(17-19-23)20-26(24-12-6-2-7-13-24)25-14-8-3-9-15-25/h1-19H,20H2. The van der Waals surface area contributed by atoms with Crippen LogP contribution >= 0.6 is 7.92 Å². The van der Waals surface area contributed by atoms with Gasteiger partial charge in [0.05, 0.1) is 0 Å². The lowest BCUT2D eigenvalue weighted by atomic mass is 10.0. The summed E-state index contributed by atoms with van der Waals surface area (Å²) in [6, 6.07) is 41.4. The van der Waals surface area contributed by atoms with Gasteiger partial charge >= 0.3 is 0 Å². The van der Waals surface area contributed by atoms with Crippen molar-refractivity contribution in [2.24, 2.45) is 0 Å². The van der Waals surface area contributed by atoms with Gasteiger partial charge in [0.15, 0.2) is 0 Å². The van der Waals surface area contributed by atoms with Gasteiger partial charge in [-0.05, 0) is 35.2 Å². The predicted octanol–water partition coefficient (Wildman–Crippen LogP) is 5.99. The molecule has 26 heavy (non-hydrogen) atoms. The van der Waals surface area contributed by atoms with Crippen LogP contribution < -0.4 is 10.6 Å². The van der Waals surface area contributed by atoms with Crippen LogP contribution in [0.15, 0.2) is 115 Å². The summed E-state index contributed by atoms with van der Waals surface area (Å²) in [4.78, 5) is 0. The normalized spacial score (nSPS) is 10.8. The minimum absolute atomic E-state index is 0.391. The van der Waals surface area contributed by atoms with Crippen LogP contribution in [0.25, 0.3) is 11.1 Å². The van der Waals surface area contributed by atoms with E-state index in [4.69, 9.17) is 0 Å². The maximum Gasteiger partial charge on any atom is 0.000744 e. The van der Waals surface area contributed by atoms with Crippen LogP contribution in [0, 0.1) is 0 Å². The highest BCUT2D eigenvalue weighted by atomic mass is 31.1. The first-order chi connectivity index (χ1) is 12.9. The van der Waals surface area contributed by atoms with Crippen LogP contribution in [0.3, 0.4) is 0 Å². The number of rotatable bonds is 5. The van der Waals surface area contributed by atoms with Gasteiger partial charge < -0.3 is 0 Å². The fourth-order valence-electron chi connectivity index (χ4n) is 3.16. The van der Waals surface area contributed by atoms with Gasteiger partial charge in [-0.2, -0.15) is 0 Å². The number of benzene rings is 4. The molecule has 0 bridgehead atoms. The summed E-state index contributed by atoms with van der Waals surface area (Å²) in [7, 11) is -0.391. The third-order valence-electron chi connectivity index (χ3n) is 4.54. The molecule has 0 N–H and O–H groups in total. The summed E-state index contributed by atoms with van der Waals surface area (Å²) in [5.41, 5.74) is 3.94. The summed E-state index contributed by atoms with van der Waals surface area (Å²) < 4.78 is 0. The topological polar surface area (TPSA) is 0 Å². The average Bonchev–Trinajstić information content (AvgIpc) is 2.74. The first-order valence-electron chi connectivity index (χ1n) is 8.92. The second kappa shape index (κ2) is 8.13. The molecule has 0 aromatic heterocycles. The predicted molar refractivity (Wildman–Crippen MR) is 115 cm³/mol. The molecule has 0 unspecified atom stereocenters. The molecule has 0 saturated carbocycles. The Morgan fingerprint density at radius 3 is 1.35 bits per heavy atom. The van der Waals surface area contributed by atoms with E-state index in [2.05, 4.69) is 115 Å². The molecule has 0 aliphatic rings. The zero-order valence-corrected chi connectivity index (χ0v) is 15.5. The molecular weight excluding hydrogens is 331 g/mol. The molecule has 0 heterocycles. The highest BCUT2D eigenvalue weighted by molar-refractivity contribution is 7.72. The Morgan fingerprint density at radius 2 is 0.846 bits per heavy atom. The van der Waals surface area contributed by atoms with Crippen LogP contribution in [0.1, 0.15) is 5.56 Å². The summed E-state index contributed by atoms with van der Waals surface area (Å²) in [6.07, 6.45) is 1.07. The van der Waals surface area contributed by atoms with Gasteiger partial charge in [0, 0.05) is 6.16 Å². The molecule has 0 nitrogen and oxygen atoms in total. The van der Waals surface area contributed by atoms with Crippen LogP contribution in [0.2, 0.25) is 0 Å². The van der Waals surface area contributed by atoms with Crippen molar-refractivity contribution in [2.45, 2.75) is 6.16 Å². The van der Waals surface area contributed by atoms with Gasteiger partial charge in [-0.15, -0.1) is 0 Å². The lowest BCUT2D eigenvalue weighted by molar-refractivity contribution is 1.40. The van der Waals surface area contributed by atoms with Crippen molar-refractivity contribution in [3.05, 3.63) is 121 Å². The quantitative estimate of drug-likeness (QED) is 0.387. The van der Waals surface area contributed by atoms with Gasteiger partial charge in [-0.3, -0.25) is 0 Å².